The molecular weight excluding hydrogens is 391 g/mol. The van der Waals surface area contributed by atoms with Gasteiger partial charge in [-0.25, -0.2) is 0 Å². The van der Waals surface area contributed by atoms with Gasteiger partial charge in [0.1, 0.15) is 0 Å². The summed E-state index contributed by atoms with van der Waals surface area (Å²) >= 11 is 0. The van der Waals surface area contributed by atoms with Crippen molar-refractivity contribution < 1.29 is 18.8 Å². The van der Waals surface area contributed by atoms with Crippen LogP contribution in [0.25, 0.3) is 0 Å². The van der Waals surface area contributed by atoms with Crippen molar-refractivity contribution in [1.82, 2.24) is 5.32 Å². The van der Waals surface area contributed by atoms with Crippen molar-refractivity contribution in [3.05, 3.63) is 35.9 Å². The van der Waals surface area contributed by atoms with Crippen molar-refractivity contribution in [3.63, 3.8) is 0 Å². The summed E-state index contributed by atoms with van der Waals surface area (Å²) in [5, 5.41) is 3.06. The van der Waals surface area contributed by atoms with Crippen LogP contribution in [0.3, 0.4) is 0 Å². The Morgan fingerprint density at radius 1 is 1.14 bits per heavy atom. The number of carbonyl (C=O) groups is 1. The fraction of sp³-hybridized carbons (Fsp3) is 0.667. The Morgan fingerprint density at radius 3 is 2.28 bits per heavy atom. The lowest BCUT2D eigenvalue weighted by molar-refractivity contribution is -0.123. The largest absolute Gasteiger partial charge is 0.481 e. The molecule has 0 aromatic heterocycles. The molecule has 29 heavy (non-hydrogen) atoms. The average Bonchev–Trinajstić information content (AvgIpc) is 2.87. The maximum absolute atomic E-state index is 12.6. The van der Waals surface area contributed by atoms with E-state index in [1.165, 1.54) is 5.56 Å². The molecule has 2 rings (SSSR count). The van der Waals surface area contributed by atoms with Gasteiger partial charge in [-0.05, 0) is 58.9 Å². The Hall–Kier alpha value is -1.12. The maximum Gasteiger partial charge on any atom is 0.481 e. The quantitative estimate of drug-likeness (QED) is 0.562. The molecule has 2 atom stereocenters. The number of ether oxygens (including phenoxy) is 1. The van der Waals surface area contributed by atoms with Crippen molar-refractivity contribution in [2.75, 3.05) is 13.7 Å². The first-order valence-corrected chi connectivity index (χ1v) is 10.1. The number of nitrogens with one attached hydrogen (secondary N) is 1. The van der Waals surface area contributed by atoms with Gasteiger partial charge >= 0.3 is 7.12 Å². The van der Waals surface area contributed by atoms with Gasteiger partial charge in [-0.15, -0.1) is 12.4 Å². The second-order valence-electron chi connectivity index (χ2n) is 8.51. The number of halogens is 1. The molecule has 1 aliphatic heterocycles. The van der Waals surface area contributed by atoms with Gasteiger partial charge in [0.15, 0.2) is 0 Å². The van der Waals surface area contributed by atoms with E-state index in [1.54, 1.807) is 7.11 Å². The minimum Gasteiger partial charge on any atom is -0.402 e. The molecule has 1 aromatic rings. The van der Waals surface area contributed by atoms with Crippen LogP contribution in [0.15, 0.2) is 30.3 Å². The van der Waals surface area contributed by atoms with Gasteiger partial charge in [-0.1, -0.05) is 30.3 Å². The minimum atomic E-state index is -0.612. The number of hydrogen-bond acceptors (Lipinski definition) is 5. The molecule has 1 heterocycles. The van der Waals surface area contributed by atoms with Gasteiger partial charge in [0.25, 0.3) is 0 Å². The number of methoxy groups -OCH3 is 1. The van der Waals surface area contributed by atoms with Crippen molar-refractivity contribution in [1.29, 1.82) is 0 Å². The molecule has 1 fully saturated rings. The molecule has 0 aliphatic carbocycles. The lowest BCUT2D eigenvalue weighted by atomic mass is 9.75. The van der Waals surface area contributed by atoms with Crippen LogP contribution >= 0.6 is 12.4 Å². The predicted octanol–water partition coefficient (Wildman–Crippen LogP) is 2.91. The van der Waals surface area contributed by atoms with Crippen LogP contribution in [0.4, 0.5) is 0 Å². The second kappa shape index (κ2) is 11.3. The van der Waals surface area contributed by atoms with Crippen LogP contribution in [0.5, 0.6) is 0 Å². The average molecular weight is 427 g/mol. The zero-order valence-corrected chi connectivity index (χ0v) is 19.1. The Morgan fingerprint density at radius 2 is 1.72 bits per heavy atom. The van der Waals surface area contributed by atoms with Crippen LogP contribution in [-0.4, -0.2) is 49.9 Å². The van der Waals surface area contributed by atoms with Gasteiger partial charge in [0.2, 0.25) is 5.91 Å². The van der Waals surface area contributed by atoms with Crippen LogP contribution < -0.4 is 11.1 Å². The Kier molecular flexibility index (Phi) is 10.1. The van der Waals surface area contributed by atoms with Gasteiger partial charge < -0.3 is 25.1 Å². The summed E-state index contributed by atoms with van der Waals surface area (Å²) in [7, 11) is 1.10. The Bertz CT molecular complexity index is 614. The monoisotopic (exact) mass is 426 g/mol. The van der Waals surface area contributed by atoms with E-state index < -0.39 is 24.4 Å². The zero-order valence-electron chi connectivity index (χ0n) is 18.3. The SMILES string of the molecule is COCCC(N)C(=O)NC(CCCc1ccccc1)B1OC(C)(C)C(C)(C)O1.Cl. The van der Waals surface area contributed by atoms with Gasteiger partial charge in [-0.2, -0.15) is 0 Å². The first kappa shape index (κ1) is 25.9. The molecule has 2 unspecified atom stereocenters. The summed E-state index contributed by atoms with van der Waals surface area (Å²) < 4.78 is 17.4. The third kappa shape index (κ3) is 7.26. The molecule has 0 radical (unpaired) electrons. The van der Waals surface area contributed by atoms with Crippen molar-refractivity contribution in [2.24, 2.45) is 5.73 Å². The second-order valence-corrected chi connectivity index (χ2v) is 8.51. The molecule has 0 saturated carbocycles. The third-order valence-electron chi connectivity index (χ3n) is 5.72. The molecule has 3 N–H and O–H groups in total. The molecule has 1 aromatic carbocycles. The number of benzene rings is 1. The van der Waals surface area contributed by atoms with E-state index in [0.29, 0.717) is 13.0 Å². The fourth-order valence-corrected chi connectivity index (χ4v) is 3.17. The van der Waals surface area contributed by atoms with Gasteiger partial charge in [0.05, 0.1) is 23.2 Å². The highest BCUT2D eigenvalue weighted by atomic mass is 35.5. The Labute approximate surface area is 181 Å². The first-order valence-electron chi connectivity index (χ1n) is 10.1. The lowest BCUT2D eigenvalue weighted by Gasteiger charge is -2.32. The Balaban J connectivity index is 0.00000420. The zero-order chi connectivity index (χ0) is 20.8. The van der Waals surface area contributed by atoms with Crippen LogP contribution in [0.2, 0.25) is 0 Å². The summed E-state index contributed by atoms with van der Waals surface area (Å²) in [5.74, 6) is -0.456. The molecule has 1 saturated heterocycles. The molecule has 0 spiro atoms. The van der Waals surface area contributed by atoms with E-state index in [0.717, 1.165) is 19.3 Å². The molecule has 164 valence electrons. The van der Waals surface area contributed by atoms with E-state index >= 15 is 0 Å². The summed E-state index contributed by atoms with van der Waals surface area (Å²) in [4.78, 5) is 12.6. The number of amides is 1. The number of aryl methyl sites for hydroxylation is 1. The first-order chi connectivity index (χ1) is 13.2. The van der Waals surface area contributed by atoms with Crippen molar-refractivity contribution >= 4 is 25.4 Å². The van der Waals surface area contributed by atoms with E-state index in [1.807, 2.05) is 45.9 Å². The standard InChI is InChI=1S/C21H35BN2O4.ClH/c1-20(2)21(3,4)28-22(27-20)18(24-19(25)17(23)14-15-26-5)13-9-12-16-10-7-6-8-11-16;/h6-8,10-11,17-18H,9,12-15,23H2,1-5H3,(H,24,25);1H. The number of carbonyl (C=O) groups excluding carboxylic acids is 1. The molecule has 8 heteroatoms. The van der Waals surface area contributed by atoms with E-state index in [9.17, 15) is 4.79 Å². The molecular formula is C21H36BClN2O4. The topological polar surface area (TPSA) is 82.8 Å². The summed E-state index contributed by atoms with van der Waals surface area (Å²) in [5.41, 5.74) is 6.39. The smallest absolute Gasteiger partial charge is 0.402 e. The number of rotatable bonds is 10. The highest BCUT2D eigenvalue weighted by molar-refractivity contribution is 6.48. The molecule has 0 bridgehead atoms. The third-order valence-corrected chi connectivity index (χ3v) is 5.72. The maximum atomic E-state index is 12.6. The van der Waals surface area contributed by atoms with E-state index in [2.05, 4.69) is 17.4 Å². The van der Waals surface area contributed by atoms with Crippen molar-refractivity contribution in [2.45, 2.75) is 76.6 Å². The van der Waals surface area contributed by atoms with Gasteiger partial charge in [0, 0.05) is 13.7 Å². The number of hydrogen-bond donors (Lipinski definition) is 2. The lowest BCUT2D eigenvalue weighted by Crippen LogP contribution is -2.53. The highest BCUT2D eigenvalue weighted by Crippen LogP contribution is 2.38. The molecule has 1 amide bonds. The normalized spacial score (nSPS) is 19.3. The van der Waals surface area contributed by atoms with Gasteiger partial charge in [-0.3, -0.25) is 4.79 Å². The van der Waals surface area contributed by atoms with Crippen LogP contribution in [-0.2, 0) is 25.3 Å². The summed E-state index contributed by atoms with van der Waals surface area (Å²) in [6.07, 6.45) is 3.06. The van der Waals surface area contributed by atoms with Crippen LogP contribution in [0.1, 0.15) is 52.5 Å². The summed E-state index contributed by atoms with van der Waals surface area (Å²) in [6.45, 7) is 8.50. The van der Waals surface area contributed by atoms with Crippen molar-refractivity contribution in [3.8, 4) is 0 Å². The molecule has 1 aliphatic rings. The number of nitrogens with two attached hydrogens (primary N) is 1. The predicted molar refractivity (Wildman–Crippen MR) is 119 cm³/mol. The minimum absolute atomic E-state index is 0. The summed E-state index contributed by atoms with van der Waals surface area (Å²) in [6, 6.07) is 9.71. The fourth-order valence-electron chi connectivity index (χ4n) is 3.17. The van der Waals surface area contributed by atoms with E-state index in [-0.39, 0.29) is 24.3 Å². The highest BCUT2D eigenvalue weighted by Gasteiger charge is 2.54. The van der Waals surface area contributed by atoms with Crippen LogP contribution in [0, 0.1) is 0 Å². The molecule has 6 nitrogen and oxygen atoms in total. The van der Waals surface area contributed by atoms with E-state index in [4.69, 9.17) is 19.8 Å².